The molecule has 0 amide bonds. The maximum absolute atomic E-state index is 5.51. The quantitative estimate of drug-likeness (QED) is 0.612. The van der Waals surface area contributed by atoms with E-state index in [1.165, 1.54) is 0 Å². The van der Waals surface area contributed by atoms with Crippen molar-refractivity contribution < 1.29 is 4.74 Å². The zero-order valence-corrected chi connectivity index (χ0v) is 17.4. The van der Waals surface area contributed by atoms with Gasteiger partial charge in [0, 0.05) is 52.2 Å². The molecule has 28 heavy (non-hydrogen) atoms. The van der Waals surface area contributed by atoms with Crippen LogP contribution in [0.15, 0.2) is 41.7 Å². The van der Waals surface area contributed by atoms with E-state index in [1.54, 1.807) is 7.11 Å². The first-order valence-electron chi connectivity index (χ1n) is 9.96. The lowest BCUT2D eigenvalue weighted by Crippen LogP contribution is -2.52. The Labute approximate surface area is 168 Å². The summed E-state index contributed by atoms with van der Waals surface area (Å²) in [4.78, 5) is 13.7. The molecule has 1 fully saturated rings. The Morgan fingerprint density at radius 3 is 2.64 bits per heavy atom. The van der Waals surface area contributed by atoms with Crippen LogP contribution in [0.3, 0.4) is 0 Å². The molecule has 1 aromatic heterocycles. The first kappa shape index (κ1) is 20.0. The van der Waals surface area contributed by atoms with E-state index in [2.05, 4.69) is 55.6 Å². The number of benzene rings is 1. The van der Waals surface area contributed by atoms with E-state index in [9.17, 15) is 0 Å². The first-order valence-corrected chi connectivity index (χ1v) is 9.96. The van der Waals surface area contributed by atoms with Gasteiger partial charge < -0.3 is 24.4 Å². The predicted octanol–water partition coefficient (Wildman–Crippen LogP) is 2.45. The van der Waals surface area contributed by atoms with Crippen LogP contribution in [0.5, 0.6) is 5.75 Å². The van der Waals surface area contributed by atoms with Crippen molar-refractivity contribution in [1.82, 2.24) is 19.8 Å². The second kappa shape index (κ2) is 9.48. The van der Waals surface area contributed by atoms with Gasteiger partial charge >= 0.3 is 0 Å². The monoisotopic (exact) mass is 384 g/mol. The van der Waals surface area contributed by atoms with Crippen molar-refractivity contribution in [3.8, 4) is 5.75 Å². The van der Waals surface area contributed by atoms with Crippen molar-refractivity contribution in [1.29, 1.82) is 0 Å². The van der Waals surface area contributed by atoms with Gasteiger partial charge in [-0.25, -0.2) is 4.98 Å². The van der Waals surface area contributed by atoms with Gasteiger partial charge in [-0.15, -0.1) is 0 Å². The number of hydrogen-bond acceptors (Lipinski definition) is 4. The molecule has 152 valence electrons. The van der Waals surface area contributed by atoms with Gasteiger partial charge in [-0.3, -0.25) is 4.99 Å². The van der Waals surface area contributed by atoms with Crippen molar-refractivity contribution in [3.05, 3.63) is 42.5 Å². The SMILES string of the molecule is CN=C(NCc1nccn1CC(C)C)N1CCN(c2ccccc2OC)CC1. The minimum Gasteiger partial charge on any atom is -0.495 e. The average molecular weight is 385 g/mol. The second-order valence-corrected chi connectivity index (χ2v) is 7.44. The van der Waals surface area contributed by atoms with Crippen LogP contribution >= 0.6 is 0 Å². The fraction of sp³-hybridized carbons (Fsp3) is 0.524. The minimum absolute atomic E-state index is 0.593. The molecule has 2 heterocycles. The number of aromatic nitrogens is 2. The Kier molecular flexibility index (Phi) is 6.79. The number of para-hydroxylation sites is 2. The Morgan fingerprint density at radius 2 is 1.96 bits per heavy atom. The number of nitrogens with one attached hydrogen (secondary N) is 1. The van der Waals surface area contributed by atoms with Gasteiger partial charge in [0.1, 0.15) is 11.6 Å². The maximum Gasteiger partial charge on any atom is 0.194 e. The summed E-state index contributed by atoms with van der Waals surface area (Å²) in [6.45, 7) is 9.80. The molecule has 3 rings (SSSR count). The van der Waals surface area contributed by atoms with Gasteiger partial charge in [0.25, 0.3) is 0 Å². The molecule has 1 aromatic carbocycles. The summed E-state index contributed by atoms with van der Waals surface area (Å²) in [6, 6.07) is 8.20. The van der Waals surface area contributed by atoms with Gasteiger partial charge in [0.2, 0.25) is 0 Å². The fourth-order valence-electron chi connectivity index (χ4n) is 3.61. The Balaban J connectivity index is 1.56. The third-order valence-electron chi connectivity index (χ3n) is 4.99. The van der Waals surface area contributed by atoms with E-state index in [-0.39, 0.29) is 0 Å². The molecule has 0 bridgehead atoms. The summed E-state index contributed by atoms with van der Waals surface area (Å²) in [7, 11) is 3.57. The molecule has 0 spiro atoms. The summed E-state index contributed by atoms with van der Waals surface area (Å²) < 4.78 is 7.72. The third-order valence-corrected chi connectivity index (χ3v) is 4.99. The Bertz CT molecular complexity index is 777. The summed E-state index contributed by atoms with van der Waals surface area (Å²) in [5.74, 6) is 3.49. The molecule has 1 saturated heterocycles. The number of rotatable bonds is 6. The van der Waals surface area contributed by atoms with Gasteiger partial charge in [-0.05, 0) is 18.1 Å². The number of nitrogens with zero attached hydrogens (tertiary/aromatic N) is 5. The standard InChI is InChI=1S/C21H32N6O/c1-17(2)16-27-10-9-23-20(27)15-24-21(22-3)26-13-11-25(12-14-26)18-7-5-6-8-19(18)28-4/h5-10,17H,11-16H2,1-4H3,(H,22,24). The number of guanidine groups is 1. The van der Waals surface area contributed by atoms with E-state index in [0.29, 0.717) is 12.5 Å². The smallest absolute Gasteiger partial charge is 0.194 e. The molecule has 0 radical (unpaired) electrons. The zero-order chi connectivity index (χ0) is 19.9. The molecule has 7 nitrogen and oxygen atoms in total. The normalized spacial score (nSPS) is 15.2. The minimum atomic E-state index is 0.593. The number of methoxy groups -OCH3 is 1. The average Bonchev–Trinajstić information content (AvgIpc) is 3.15. The molecule has 0 atom stereocenters. The lowest BCUT2D eigenvalue weighted by Gasteiger charge is -2.38. The topological polar surface area (TPSA) is 57.9 Å². The number of piperazine rings is 1. The molecular weight excluding hydrogens is 352 g/mol. The van der Waals surface area contributed by atoms with Crippen LogP contribution in [0.2, 0.25) is 0 Å². The summed E-state index contributed by atoms with van der Waals surface area (Å²) in [5.41, 5.74) is 1.16. The van der Waals surface area contributed by atoms with Crippen LogP contribution in [0.4, 0.5) is 5.69 Å². The molecule has 1 aliphatic rings. The molecule has 2 aromatic rings. The van der Waals surface area contributed by atoms with Crippen molar-refractivity contribution in [2.75, 3.05) is 45.2 Å². The van der Waals surface area contributed by atoms with Crippen LogP contribution in [0.1, 0.15) is 19.7 Å². The Hall–Kier alpha value is -2.70. The van der Waals surface area contributed by atoms with E-state index in [1.807, 2.05) is 31.6 Å². The summed E-state index contributed by atoms with van der Waals surface area (Å²) in [5, 5.41) is 3.48. The summed E-state index contributed by atoms with van der Waals surface area (Å²) in [6.07, 6.45) is 3.92. The molecule has 1 N–H and O–H groups in total. The van der Waals surface area contributed by atoms with Gasteiger partial charge in [-0.2, -0.15) is 0 Å². The fourth-order valence-corrected chi connectivity index (χ4v) is 3.61. The zero-order valence-electron chi connectivity index (χ0n) is 17.4. The van der Waals surface area contributed by atoms with Crippen LogP contribution in [0, 0.1) is 5.92 Å². The molecule has 1 aliphatic heterocycles. The number of anilines is 1. The maximum atomic E-state index is 5.51. The van der Waals surface area contributed by atoms with Crippen LogP contribution < -0.4 is 15.0 Å². The van der Waals surface area contributed by atoms with E-state index in [4.69, 9.17) is 4.74 Å². The highest BCUT2D eigenvalue weighted by Crippen LogP contribution is 2.28. The van der Waals surface area contributed by atoms with Gasteiger partial charge in [-0.1, -0.05) is 26.0 Å². The van der Waals surface area contributed by atoms with E-state index >= 15 is 0 Å². The molecule has 0 saturated carbocycles. The van der Waals surface area contributed by atoms with Crippen LogP contribution in [0.25, 0.3) is 0 Å². The largest absolute Gasteiger partial charge is 0.495 e. The van der Waals surface area contributed by atoms with Crippen molar-refractivity contribution in [2.24, 2.45) is 10.9 Å². The number of ether oxygens (including phenoxy) is 1. The molecule has 7 heteroatoms. The van der Waals surface area contributed by atoms with Crippen molar-refractivity contribution in [3.63, 3.8) is 0 Å². The Morgan fingerprint density at radius 1 is 1.21 bits per heavy atom. The van der Waals surface area contributed by atoms with Gasteiger partial charge in [0.05, 0.1) is 19.3 Å². The van der Waals surface area contributed by atoms with Gasteiger partial charge in [0.15, 0.2) is 5.96 Å². The first-order chi connectivity index (χ1) is 13.6. The molecular formula is C21H32N6O. The highest BCUT2D eigenvalue weighted by molar-refractivity contribution is 5.80. The second-order valence-electron chi connectivity index (χ2n) is 7.44. The van der Waals surface area contributed by atoms with Crippen molar-refractivity contribution in [2.45, 2.75) is 26.9 Å². The highest BCUT2D eigenvalue weighted by Gasteiger charge is 2.21. The van der Waals surface area contributed by atoms with Crippen LogP contribution in [-0.4, -0.2) is 60.7 Å². The number of aliphatic imine (C=N–C) groups is 1. The number of imidazole rings is 1. The van der Waals surface area contributed by atoms with E-state index < -0.39 is 0 Å². The predicted molar refractivity (Wildman–Crippen MR) is 114 cm³/mol. The highest BCUT2D eigenvalue weighted by atomic mass is 16.5. The lowest BCUT2D eigenvalue weighted by molar-refractivity contribution is 0.366. The molecule has 0 unspecified atom stereocenters. The lowest BCUT2D eigenvalue weighted by atomic mass is 10.2. The third kappa shape index (κ3) is 4.77. The summed E-state index contributed by atoms with van der Waals surface area (Å²) >= 11 is 0. The molecule has 0 aliphatic carbocycles. The van der Waals surface area contributed by atoms with Crippen molar-refractivity contribution >= 4 is 11.6 Å². The van der Waals surface area contributed by atoms with E-state index in [0.717, 1.165) is 55.9 Å². The van der Waals surface area contributed by atoms with Crippen LogP contribution in [-0.2, 0) is 13.1 Å². The number of hydrogen-bond donors (Lipinski definition) is 1.